The first-order valence-electron chi connectivity index (χ1n) is 12.3. The number of hydrogen-bond donors (Lipinski definition) is 2. The van der Waals surface area contributed by atoms with Crippen molar-refractivity contribution < 1.29 is 50.9 Å². The van der Waals surface area contributed by atoms with E-state index in [2.05, 4.69) is 10.1 Å². The molecule has 0 aliphatic heterocycles. The van der Waals surface area contributed by atoms with Crippen LogP contribution in [0, 0.1) is 40.4 Å². The standard InChI is InChI=1S/C29H24F5NO6/c1-29(2,3)18(26(36)37)24(27(38)41-25-22(33)20(31)19(30)21(32)23(25)34)35-28(39)40-12-17-15-10-6-4-8-13(15)14-9-5-7-11-16(14)17/h4-11,17-18,24H,12H2,1-3H3,(H,35,39)(H,36,37). The van der Waals surface area contributed by atoms with Crippen LogP contribution in [0.2, 0.25) is 0 Å². The quantitative estimate of drug-likeness (QED) is 0.119. The molecule has 1 amide bonds. The molecule has 0 fully saturated rings. The Labute approximate surface area is 230 Å². The molecule has 0 saturated heterocycles. The van der Waals surface area contributed by atoms with E-state index in [4.69, 9.17) is 4.74 Å². The van der Waals surface area contributed by atoms with Crippen molar-refractivity contribution >= 4 is 18.0 Å². The fraction of sp³-hybridized carbons (Fsp3) is 0.276. The van der Waals surface area contributed by atoms with Crippen LogP contribution in [-0.4, -0.2) is 35.8 Å². The zero-order valence-electron chi connectivity index (χ0n) is 21.9. The number of nitrogens with one attached hydrogen (secondary N) is 1. The van der Waals surface area contributed by atoms with Crippen LogP contribution in [-0.2, 0) is 14.3 Å². The molecule has 0 aromatic heterocycles. The minimum Gasteiger partial charge on any atom is -0.481 e. The van der Waals surface area contributed by atoms with Crippen LogP contribution in [0.15, 0.2) is 48.5 Å². The molecule has 2 unspecified atom stereocenters. The predicted molar refractivity (Wildman–Crippen MR) is 134 cm³/mol. The van der Waals surface area contributed by atoms with Gasteiger partial charge in [0.1, 0.15) is 12.6 Å². The van der Waals surface area contributed by atoms with Gasteiger partial charge in [-0.3, -0.25) is 4.79 Å². The molecule has 0 heterocycles. The van der Waals surface area contributed by atoms with Crippen LogP contribution in [0.25, 0.3) is 11.1 Å². The second-order valence-electron chi connectivity index (χ2n) is 10.4. The molecular weight excluding hydrogens is 553 g/mol. The van der Waals surface area contributed by atoms with Crippen LogP contribution < -0.4 is 10.1 Å². The number of benzene rings is 3. The fourth-order valence-electron chi connectivity index (χ4n) is 4.90. The molecule has 216 valence electrons. The van der Waals surface area contributed by atoms with Crippen LogP contribution in [0.3, 0.4) is 0 Å². The Morgan fingerprint density at radius 3 is 1.76 bits per heavy atom. The van der Waals surface area contributed by atoms with Gasteiger partial charge in [0.2, 0.25) is 34.8 Å². The molecular formula is C29H24F5NO6. The largest absolute Gasteiger partial charge is 0.481 e. The number of alkyl carbamates (subject to hydrolysis) is 1. The summed E-state index contributed by atoms with van der Waals surface area (Å²) in [6.45, 7) is 3.95. The van der Waals surface area contributed by atoms with E-state index in [1.165, 1.54) is 20.8 Å². The second kappa shape index (κ2) is 11.2. The van der Waals surface area contributed by atoms with E-state index in [-0.39, 0.29) is 6.61 Å². The molecule has 3 aromatic rings. The van der Waals surface area contributed by atoms with E-state index >= 15 is 0 Å². The maximum Gasteiger partial charge on any atom is 0.407 e. The number of carbonyl (C=O) groups excluding carboxylic acids is 2. The van der Waals surface area contributed by atoms with Crippen molar-refractivity contribution in [3.8, 4) is 16.9 Å². The van der Waals surface area contributed by atoms with Gasteiger partial charge in [-0.15, -0.1) is 0 Å². The van der Waals surface area contributed by atoms with Gasteiger partial charge in [-0.1, -0.05) is 69.3 Å². The van der Waals surface area contributed by atoms with Gasteiger partial charge in [0.25, 0.3) is 0 Å². The van der Waals surface area contributed by atoms with Crippen molar-refractivity contribution in [2.75, 3.05) is 6.61 Å². The number of carbonyl (C=O) groups is 3. The van der Waals surface area contributed by atoms with E-state index in [0.29, 0.717) is 0 Å². The first-order valence-corrected chi connectivity index (χ1v) is 12.3. The zero-order chi connectivity index (χ0) is 30.2. The summed E-state index contributed by atoms with van der Waals surface area (Å²) in [6.07, 6.45) is -1.28. The third-order valence-corrected chi connectivity index (χ3v) is 6.78. The summed E-state index contributed by atoms with van der Waals surface area (Å²) in [7, 11) is 0. The summed E-state index contributed by atoms with van der Waals surface area (Å²) >= 11 is 0. The lowest BCUT2D eigenvalue weighted by Crippen LogP contribution is -2.54. The van der Waals surface area contributed by atoms with Gasteiger partial charge in [-0.2, -0.15) is 8.78 Å². The first kappa shape index (κ1) is 29.5. The lowest BCUT2D eigenvalue weighted by molar-refractivity contribution is -0.154. The summed E-state index contributed by atoms with van der Waals surface area (Å²) in [5.74, 6) is -19.7. The molecule has 41 heavy (non-hydrogen) atoms. The minimum absolute atomic E-state index is 0.230. The van der Waals surface area contributed by atoms with Crippen molar-refractivity contribution in [3.63, 3.8) is 0 Å². The van der Waals surface area contributed by atoms with E-state index in [0.717, 1.165) is 22.3 Å². The van der Waals surface area contributed by atoms with Gasteiger partial charge in [0.15, 0.2) is 0 Å². The SMILES string of the molecule is CC(C)(C)C(C(=O)O)C(NC(=O)OCC1c2ccccc2-c2ccccc21)C(=O)Oc1c(F)c(F)c(F)c(F)c1F. The van der Waals surface area contributed by atoms with Crippen LogP contribution in [0.5, 0.6) is 5.75 Å². The third kappa shape index (κ3) is 5.59. The van der Waals surface area contributed by atoms with Crippen LogP contribution in [0.1, 0.15) is 37.8 Å². The van der Waals surface area contributed by atoms with Gasteiger partial charge < -0.3 is 19.9 Å². The molecule has 4 rings (SSSR count). The summed E-state index contributed by atoms with van der Waals surface area (Å²) in [6, 6.07) is 12.7. The number of aliphatic carboxylic acids is 1. The number of halogens is 5. The Bertz CT molecular complexity index is 1460. The van der Waals surface area contributed by atoms with Gasteiger partial charge in [-0.25, -0.2) is 22.8 Å². The molecule has 2 atom stereocenters. The number of hydrogen-bond acceptors (Lipinski definition) is 5. The monoisotopic (exact) mass is 577 g/mol. The molecule has 7 nitrogen and oxygen atoms in total. The lowest BCUT2D eigenvalue weighted by Gasteiger charge is -2.32. The highest BCUT2D eigenvalue weighted by molar-refractivity contribution is 5.89. The van der Waals surface area contributed by atoms with Gasteiger partial charge in [0.05, 0.1) is 5.92 Å². The molecule has 0 spiro atoms. The van der Waals surface area contributed by atoms with Gasteiger partial charge in [-0.05, 0) is 27.7 Å². The number of esters is 1. The number of fused-ring (bicyclic) bond motifs is 3. The van der Waals surface area contributed by atoms with Crippen molar-refractivity contribution in [1.29, 1.82) is 0 Å². The first-order chi connectivity index (χ1) is 19.2. The van der Waals surface area contributed by atoms with Crippen molar-refractivity contribution in [3.05, 3.63) is 88.7 Å². The topological polar surface area (TPSA) is 102 Å². The highest BCUT2D eigenvalue weighted by Gasteiger charge is 2.45. The highest BCUT2D eigenvalue weighted by atomic mass is 19.2. The number of carboxylic acids is 1. The molecule has 1 aliphatic carbocycles. The second-order valence-corrected chi connectivity index (χ2v) is 10.4. The Morgan fingerprint density at radius 1 is 0.829 bits per heavy atom. The molecule has 0 bridgehead atoms. The maximum absolute atomic E-state index is 14.2. The summed E-state index contributed by atoms with van der Waals surface area (Å²) in [5, 5.41) is 11.9. The summed E-state index contributed by atoms with van der Waals surface area (Å²) < 4.78 is 79.0. The fourth-order valence-corrected chi connectivity index (χ4v) is 4.90. The smallest absolute Gasteiger partial charge is 0.407 e. The van der Waals surface area contributed by atoms with Gasteiger partial charge in [0, 0.05) is 5.92 Å². The van der Waals surface area contributed by atoms with Gasteiger partial charge >= 0.3 is 18.0 Å². The highest BCUT2D eigenvalue weighted by Crippen LogP contribution is 2.44. The van der Waals surface area contributed by atoms with E-state index in [1.807, 2.05) is 48.5 Å². The lowest BCUT2D eigenvalue weighted by atomic mass is 9.76. The number of rotatable bonds is 7. The summed E-state index contributed by atoms with van der Waals surface area (Å²) in [4.78, 5) is 38.0. The summed E-state index contributed by atoms with van der Waals surface area (Å²) in [5.41, 5.74) is 2.31. The van der Waals surface area contributed by atoms with Crippen LogP contribution in [0.4, 0.5) is 26.7 Å². The molecule has 0 saturated carbocycles. The normalized spacial score (nSPS) is 14.0. The molecule has 3 aromatic carbocycles. The molecule has 1 aliphatic rings. The Kier molecular flexibility index (Phi) is 8.05. The molecule has 0 radical (unpaired) electrons. The minimum atomic E-state index is -2.48. The Morgan fingerprint density at radius 2 is 1.29 bits per heavy atom. The van der Waals surface area contributed by atoms with Crippen molar-refractivity contribution in [1.82, 2.24) is 5.32 Å². The Balaban J connectivity index is 1.60. The average molecular weight is 578 g/mol. The van der Waals surface area contributed by atoms with E-state index < -0.39 is 76.2 Å². The molecule has 2 N–H and O–H groups in total. The molecule has 12 heteroatoms. The Hall–Kier alpha value is -4.48. The maximum atomic E-state index is 14.2. The number of ether oxygens (including phenoxy) is 2. The average Bonchev–Trinajstić information content (AvgIpc) is 3.24. The number of amides is 1. The third-order valence-electron chi connectivity index (χ3n) is 6.78. The van der Waals surface area contributed by atoms with E-state index in [1.54, 1.807) is 0 Å². The van der Waals surface area contributed by atoms with Crippen molar-refractivity contribution in [2.45, 2.75) is 32.7 Å². The van der Waals surface area contributed by atoms with Crippen LogP contribution >= 0.6 is 0 Å². The predicted octanol–water partition coefficient (Wildman–Crippen LogP) is 5.94. The van der Waals surface area contributed by atoms with E-state index in [9.17, 15) is 41.4 Å². The zero-order valence-corrected chi connectivity index (χ0v) is 21.9. The number of carboxylic acid groups (broad SMARTS) is 1. The van der Waals surface area contributed by atoms with Crippen molar-refractivity contribution in [2.24, 2.45) is 11.3 Å².